The molecule has 3 aromatic rings. The number of aromatic nitrogens is 2. The highest BCUT2D eigenvalue weighted by Crippen LogP contribution is 2.27. The van der Waals surface area contributed by atoms with Gasteiger partial charge in [0.15, 0.2) is 6.04 Å². The predicted molar refractivity (Wildman–Crippen MR) is 152 cm³/mol. The van der Waals surface area contributed by atoms with Crippen molar-refractivity contribution in [1.82, 2.24) is 19.6 Å². The van der Waals surface area contributed by atoms with E-state index in [2.05, 4.69) is 21.2 Å². The first-order valence-corrected chi connectivity index (χ1v) is 14.5. The molecule has 12 heteroatoms. The largest absolute Gasteiger partial charge is 0.481 e. The van der Waals surface area contributed by atoms with Gasteiger partial charge in [0, 0.05) is 41.5 Å². The van der Waals surface area contributed by atoms with E-state index in [1.807, 2.05) is 6.92 Å². The number of hydrogen-bond acceptors (Lipinski definition) is 7. The fourth-order valence-corrected chi connectivity index (χ4v) is 6.01. The van der Waals surface area contributed by atoms with Gasteiger partial charge in [0.1, 0.15) is 11.1 Å². The average Bonchev–Trinajstić information content (AvgIpc) is 3.56. The van der Waals surface area contributed by atoms with Crippen molar-refractivity contribution in [2.75, 3.05) is 13.1 Å². The van der Waals surface area contributed by atoms with Crippen LogP contribution in [0, 0.1) is 12.3 Å². The van der Waals surface area contributed by atoms with E-state index in [0.29, 0.717) is 28.2 Å². The summed E-state index contributed by atoms with van der Waals surface area (Å²) in [6, 6.07) is 4.60. The number of hydrogen-bond donors (Lipinski definition) is 4. The van der Waals surface area contributed by atoms with Crippen molar-refractivity contribution in [1.29, 1.82) is 0 Å². The van der Waals surface area contributed by atoms with E-state index in [1.165, 1.54) is 12.1 Å². The summed E-state index contributed by atoms with van der Waals surface area (Å²) in [5, 5.41) is 12.3. The fourth-order valence-electron chi connectivity index (χ4n) is 4.43. The number of terminal acetylenes is 1. The van der Waals surface area contributed by atoms with Crippen LogP contribution in [0.1, 0.15) is 53.4 Å². The molecule has 0 spiro atoms. The number of pyridine rings is 1. The normalized spacial score (nSPS) is 16.4. The molecule has 0 amide bonds. The second-order valence-electron chi connectivity index (χ2n) is 10.5. The van der Waals surface area contributed by atoms with Crippen LogP contribution < -0.4 is 10.9 Å². The van der Waals surface area contributed by atoms with Gasteiger partial charge in [0.05, 0.1) is 4.90 Å². The molecule has 0 aliphatic carbocycles. The first kappa shape index (κ1) is 30.9. The van der Waals surface area contributed by atoms with Crippen molar-refractivity contribution < 1.29 is 27.9 Å². The molecular formula is C28H36N4O7S. The van der Waals surface area contributed by atoms with Crippen LogP contribution in [0.4, 0.5) is 0 Å². The summed E-state index contributed by atoms with van der Waals surface area (Å²) in [7, 11) is -4.21. The minimum Gasteiger partial charge on any atom is -0.481 e. The smallest absolute Gasteiger partial charge is 0.337 e. The van der Waals surface area contributed by atoms with Crippen LogP contribution in [-0.2, 0) is 24.3 Å². The van der Waals surface area contributed by atoms with E-state index < -0.39 is 33.6 Å². The molecule has 3 heterocycles. The third-order valence-electron chi connectivity index (χ3n) is 6.21. The van der Waals surface area contributed by atoms with Crippen molar-refractivity contribution in [3.8, 4) is 12.3 Å². The van der Waals surface area contributed by atoms with Gasteiger partial charge in [-0.3, -0.25) is 9.59 Å². The van der Waals surface area contributed by atoms with Crippen molar-refractivity contribution in [2.45, 2.75) is 76.0 Å². The molecule has 40 heavy (non-hydrogen) atoms. The van der Waals surface area contributed by atoms with Crippen LogP contribution in [0.15, 0.2) is 40.2 Å². The number of aliphatic carboxylic acids is 1. The number of ether oxygens (including phenoxy) is 1. The Morgan fingerprint density at radius 2 is 1.98 bits per heavy atom. The highest BCUT2D eigenvalue weighted by atomic mass is 32.2. The van der Waals surface area contributed by atoms with Crippen molar-refractivity contribution >= 4 is 43.8 Å². The number of carboxylic acid groups (broad SMARTS) is 1. The highest BCUT2D eigenvalue weighted by Gasteiger charge is 2.39. The zero-order valence-electron chi connectivity index (χ0n) is 23.1. The topological polar surface area (TPSA) is 162 Å². The molecule has 1 aliphatic heterocycles. The van der Waals surface area contributed by atoms with Gasteiger partial charge in [-0.25, -0.2) is 13.2 Å². The predicted octanol–water partition coefficient (Wildman–Crippen LogP) is 2.97. The molecule has 1 fully saturated rings. The first-order chi connectivity index (χ1) is 18.8. The van der Waals surface area contributed by atoms with Crippen molar-refractivity contribution in [3.05, 3.63) is 40.8 Å². The molecule has 1 saturated heterocycles. The molecule has 4 rings (SSSR count). The monoisotopic (exact) mass is 572 g/mol. The van der Waals surface area contributed by atoms with Gasteiger partial charge in [-0.05, 0) is 70.8 Å². The number of fused-ring (bicyclic) bond motifs is 3. The van der Waals surface area contributed by atoms with Gasteiger partial charge < -0.3 is 25.1 Å². The third kappa shape index (κ3) is 7.29. The Hall–Kier alpha value is -3.66. The van der Waals surface area contributed by atoms with Crippen LogP contribution in [0.5, 0.6) is 0 Å². The summed E-state index contributed by atoms with van der Waals surface area (Å²) >= 11 is 0. The van der Waals surface area contributed by atoms with Crippen molar-refractivity contribution in [3.63, 3.8) is 0 Å². The minimum absolute atomic E-state index is 0.0274. The molecule has 1 unspecified atom stereocenters. The lowest BCUT2D eigenvalue weighted by atomic mass is 10.1. The van der Waals surface area contributed by atoms with Crippen LogP contribution >= 0.6 is 0 Å². The SMILES string of the molecule is C#CC(C(=O)OC(C)(C)C)N(C[C@@H]1CCCN1)S(=O)(=O)c1ccc2[nH]c(=O)c3[nH]ccc3c2c1.CCCC(=O)O. The number of nitrogens with one attached hydrogen (secondary N) is 3. The van der Waals surface area contributed by atoms with Gasteiger partial charge in [0.25, 0.3) is 5.56 Å². The molecule has 0 bridgehead atoms. The van der Waals surface area contributed by atoms with E-state index in [-0.39, 0.29) is 23.0 Å². The molecule has 1 aliphatic rings. The molecule has 0 saturated carbocycles. The van der Waals surface area contributed by atoms with Crippen LogP contribution in [0.2, 0.25) is 0 Å². The van der Waals surface area contributed by atoms with Gasteiger partial charge in [-0.1, -0.05) is 12.8 Å². The van der Waals surface area contributed by atoms with Gasteiger partial charge in [-0.15, -0.1) is 6.42 Å². The summed E-state index contributed by atoms with van der Waals surface area (Å²) in [5.41, 5.74) is -0.276. The molecule has 2 aromatic heterocycles. The molecule has 1 aromatic carbocycles. The van der Waals surface area contributed by atoms with Gasteiger partial charge in [0.2, 0.25) is 10.0 Å². The van der Waals surface area contributed by atoms with E-state index in [9.17, 15) is 22.8 Å². The lowest BCUT2D eigenvalue weighted by Crippen LogP contribution is -2.50. The Morgan fingerprint density at radius 3 is 2.52 bits per heavy atom. The average molecular weight is 573 g/mol. The fraction of sp³-hybridized carbons (Fsp3) is 0.464. The molecule has 2 atom stereocenters. The first-order valence-electron chi connectivity index (χ1n) is 13.1. The Labute approximate surface area is 233 Å². The summed E-state index contributed by atoms with van der Waals surface area (Å²) in [5.74, 6) is 0.829. The quantitative estimate of drug-likeness (QED) is 0.237. The molecule has 216 valence electrons. The second kappa shape index (κ2) is 12.7. The van der Waals surface area contributed by atoms with E-state index in [4.69, 9.17) is 16.3 Å². The maximum atomic E-state index is 13.9. The van der Waals surface area contributed by atoms with Crippen LogP contribution in [0.25, 0.3) is 21.8 Å². The zero-order chi connectivity index (χ0) is 29.7. The zero-order valence-corrected chi connectivity index (χ0v) is 23.9. The lowest BCUT2D eigenvalue weighted by molar-refractivity contribution is -0.157. The second-order valence-corrected chi connectivity index (χ2v) is 12.4. The summed E-state index contributed by atoms with van der Waals surface area (Å²) in [6.07, 6.45) is 10.0. The molecular weight excluding hydrogens is 536 g/mol. The number of H-pyrrole nitrogens is 2. The number of esters is 1. The number of carboxylic acids is 1. The maximum absolute atomic E-state index is 13.9. The maximum Gasteiger partial charge on any atom is 0.337 e. The summed E-state index contributed by atoms with van der Waals surface area (Å²) in [4.78, 5) is 40.4. The number of benzene rings is 1. The van der Waals surface area contributed by atoms with Gasteiger partial charge >= 0.3 is 11.9 Å². The number of rotatable bonds is 8. The Bertz CT molecular complexity index is 1570. The Balaban J connectivity index is 0.000000663. The van der Waals surface area contributed by atoms with Gasteiger partial charge in [-0.2, -0.15) is 4.31 Å². The number of aromatic amines is 2. The number of nitrogens with zero attached hydrogens (tertiary/aromatic N) is 1. The van der Waals surface area contributed by atoms with Crippen LogP contribution in [-0.4, -0.2) is 70.5 Å². The molecule has 11 nitrogen and oxygen atoms in total. The Morgan fingerprint density at radius 1 is 1.25 bits per heavy atom. The number of carbonyl (C=O) groups is 2. The third-order valence-corrected chi connectivity index (χ3v) is 8.04. The molecule has 0 radical (unpaired) electrons. The Kier molecular flexibility index (Phi) is 9.78. The van der Waals surface area contributed by atoms with Crippen molar-refractivity contribution in [2.24, 2.45) is 0 Å². The van der Waals surface area contributed by atoms with E-state index >= 15 is 0 Å². The molecule has 4 N–H and O–H groups in total. The summed E-state index contributed by atoms with van der Waals surface area (Å²) < 4.78 is 34.3. The minimum atomic E-state index is -4.21. The summed E-state index contributed by atoms with van der Waals surface area (Å²) in [6.45, 7) is 7.72. The highest BCUT2D eigenvalue weighted by molar-refractivity contribution is 7.89. The number of carbonyl (C=O) groups excluding carboxylic acids is 1. The number of sulfonamides is 1. The lowest BCUT2D eigenvalue weighted by Gasteiger charge is -2.30. The van der Waals surface area contributed by atoms with Crippen LogP contribution in [0.3, 0.4) is 0 Å². The van der Waals surface area contributed by atoms with E-state index in [0.717, 1.165) is 30.1 Å². The standard InChI is InChI=1S/C24H28N4O5S.C4H8O2/c1-5-20(23(30)33-24(2,3)4)28(14-15-7-6-11-25-15)34(31,32)16-8-9-19-18(13-16)17-10-12-26-21(17)22(29)27-19;1-2-3-4(5)6/h1,8-10,12-13,15,20,25-26H,6-7,11,14H2,2-4H3,(H,27,29);2-3H2,1H3,(H,5,6)/t15-,20?;/m0./s1. The van der Waals surface area contributed by atoms with E-state index in [1.54, 1.807) is 39.1 Å².